The third-order valence-corrected chi connectivity index (χ3v) is 4.66. The number of hydrogen-bond donors (Lipinski definition) is 1. The fraction of sp³-hybridized carbons (Fsp3) is 0.273. The molecule has 0 saturated heterocycles. The highest BCUT2D eigenvalue weighted by molar-refractivity contribution is 5.96. The molecular formula is C22H22F2N2O2. The molecule has 1 N–H and O–H groups in total. The van der Waals surface area contributed by atoms with Gasteiger partial charge in [0.05, 0.1) is 5.39 Å². The maximum Gasteiger partial charge on any atom is 0.268 e. The Bertz CT molecular complexity index is 1050. The first-order valence-corrected chi connectivity index (χ1v) is 9.36. The Hall–Kier alpha value is -3.02. The highest BCUT2D eigenvalue weighted by Crippen LogP contribution is 2.18. The second kappa shape index (κ2) is 8.78. The van der Waals surface area contributed by atoms with Crippen LogP contribution in [-0.4, -0.2) is 17.0 Å². The van der Waals surface area contributed by atoms with Gasteiger partial charge < -0.3 is 9.88 Å². The van der Waals surface area contributed by atoms with E-state index < -0.39 is 23.1 Å². The van der Waals surface area contributed by atoms with Crippen LogP contribution in [-0.2, 0) is 13.0 Å². The number of halogens is 2. The van der Waals surface area contributed by atoms with Crippen LogP contribution in [0.2, 0.25) is 0 Å². The zero-order valence-corrected chi connectivity index (χ0v) is 15.7. The van der Waals surface area contributed by atoms with Gasteiger partial charge in [-0.15, -0.1) is 0 Å². The summed E-state index contributed by atoms with van der Waals surface area (Å²) in [6.07, 6.45) is 2.18. The third kappa shape index (κ3) is 4.27. The number of hydrogen-bond acceptors (Lipinski definition) is 2. The van der Waals surface area contributed by atoms with Crippen LogP contribution >= 0.6 is 0 Å². The summed E-state index contributed by atoms with van der Waals surface area (Å²) in [5, 5.41) is 3.09. The summed E-state index contributed by atoms with van der Waals surface area (Å²) in [5.41, 5.74) is 0.755. The van der Waals surface area contributed by atoms with Gasteiger partial charge >= 0.3 is 0 Å². The van der Waals surface area contributed by atoms with Crippen molar-refractivity contribution in [2.45, 2.75) is 32.7 Å². The number of benzene rings is 2. The van der Waals surface area contributed by atoms with E-state index in [4.69, 9.17) is 0 Å². The standard InChI is InChI=1S/C22H22F2N2O2/c1-2-3-11-26-20(21(27)25-10-9-15-7-5-4-6-8-15)13-16-12-18(23)19(24)14-17(16)22(26)28/h4-8,12-14H,2-3,9-11H2,1H3,(H,25,27). The summed E-state index contributed by atoms with van der Waals surface area (Å²) < 4.78 is 28.6. The third-order valence-electron chi connectivity index (χ3n) is 4.66. The van der Waals surface area contributed by atoms with Crippen LogP contribution < -0.4 is 10.9 Å². The van der Waals surface area contributed by atoms with Crippen molar-refractivity contribution in [2.24, 2.45) is 0 Å². The van der Waals surface area contributed by atoms with Gasteiger partial charge in [-0.25, -0.2) is 8.78 Å². The van der Waals surface area contributed by atoms with Crippen molar-refractivity contribution in [3.63, 3.8) is 0 Å². The normalized spacial score (nSPS) is 11.0. The monoisotopic (exact) mass is 384 g/mol. The number of nitrogens with zero attached hydrogens (tertiary/aromatic N) is 1. The number of unbranched alkanes of at least 4 members (excludes halogenated alkanes) is 1. The quantitative estimate of drug-likeness (QED) is 0.668. The van der Waals surface area contributed by atoms with Crippen LogP contribution in [0.15, 0.2) is 53.3 Å². The first-order valence-electron chi connectivity index (χ1n) is 9.36. The average molecular weight is 384 g/mol. The molecule has 28 heavy (non-hydrogen) atoms. The van der Waals surface area contributed by atoms with E-state index in [1.165, 1.54) is 10.6 Å². The summed E-state index contributed by atoms with van der Waals surface area (Å²) in [6, 6.07) is 13.0. The highest BCUT2D eigenvalue weighted by atomic mass is 19.2. The van der Waals surface area contributed by atoms with Crippen LogP contribution in [0.4, 0.5) is 8.78 Å². The first-order chi connectivity index (χ1) is 13.5. The minimum Gasteiger partial charge on any atom is -0.350 e. The van der Waals surface area contributed by atoms with Crippen LogP contribution in [0.25, 0.3) is 10.8 Å². The van der Waals surface area contributed by atoms with Gasteiger partial charge in [-0.3, -0.25) is 9.59 Å². The van der Waals surface area contributed by atoms with Gasteiger partial charge in [-0.1, -0.05) is 43.7 Å². The molecule has 0 atom stereocenters. The Morgan fingerprint density at radius 3 is 2.50 bits per heavy atom. The molecule has 0 unspecified atom stereocenters. The van der Waals surface area contributed by atoms with Crippen LogP contribution in [0.3, 0.4) is 0 Å². The number of nitrogens with one attached hydrogen (secondary N) is 1. The number of rotatable bonds is 7. The van der Waals surface area contributed by atoms with Crippen molar-refractivity contribution in [2.75, 3.05) is 6.54 Å². The van der Waals surface area contributed by atoms with Crippen molar-refractivity contribution in [1.29, 1.82) is 0 Å². The number of fused-ring (bicyclic) bond motifs is 1. The van der Waals surface area contributed by atoms with Gasteiger partial charge in [0.2, 0.25) is 0 Å². The molecule has 1 amide bonds. The molecule has 146 valence electrons. The maximum absolute atomic E-state index is 13.6. The Morgan fingerprint density at radius 1 is 1.07 bits per heavy atom. The Morgan fingerprint density at radius 2 is 1.79 bits per heavy atom. The molecule has 4 nitrogen and oxygen atoms in total. The van der Waals surface area contributed by atoms with Gasteiger partial charge in [0, 0.05) is 13.1 Å². The molecule has 0 bridgehead atoms. The fourth-order valence-corrected chi connectivity index (χ4v) is 3.13. The minimum absolute atomic E-state index is 0.0656. The summed E-state index contributed by atoms with van der Waals surface area (Å²) >= 11 is 0. The lowest BCUT2D eigenvalue weighted by atomic mass is 10.1. The molecule has 0 aliphatic heterocycles. The SMILES string of the molecule is CCCCn1c(C(=O)NCCc2ccccc2)cc2cc(F)c(F)cc2c1=O. The number of carbonyl (C=O) groups is 1. The first kappa shape index (κ1) is 19.7. The molecule has 0 aliphatic carbocycles. The maximum atomic E-state index is 13.6. The van der Waals surface area contributed by atoms with Gasteiger partial charge in [-0.05, 0) is 42.0 Å². The Kier molecular flexibility index (Phi) is 6.19. The smallest absolute Gasteiger partial charge is 0.268 e. The van der Waals surface area contributed by atoms with Gasteiger partial charge in [-0.2, -0.15) is 0 Å². The van der Waals surface area contributed by atoms with Gasteiger partial charge in [0.25, 0.3) is 11.5 Å². The van der Waals surface area contributed by atoms with Gasteiger partial charge in [0.15, 0.2) is 11.6 Å². The zero-order valence-electron chi connectivity index (χ0n) is 15.7. The van der Waals surface area contributed by atoms with E-state index in [-0.39, 0.29) is 16.5 Å². The molecule has 6 heteroatoms. The van der Waals surface area contributed by atoms with Crippen molar-refractivity contribution in [3.8, 4) is 0 Å². The zero-order chi connectivity index (χ0) is 20.1. The van der Waals surface area contributed by atoms with E-state index in [2.05, 4.69) is 5.32 Å². The second-order valence-electron chi connectivity index (χ2n) is 6.68. The van der Waals surface area contributed by atoms with Crippen LogP contribution in [0.5, 0.6) is 0 Å². The molecule has 0 radical (unpaired) electrons. The van der Waals surface area contributed by atoms with E-state index in [1.54, 1.807) is 0 Å². The van der Waals surface area contributed by atoms with Crippen molar-refractivity contribution in [1.82, 2.24) is 9.88 Å². The van der Waals surface area contributed by atoms with Crippen molar-refractivity contribution < 1.29 is 13.6 Å². The van der Waals surface area contributed by atoms with Crippen molar-refractivity contribution >= 4 is 16.7 Å². The number of aromatic nitrogens is 1. The molecule has 0 fully saturated rings. The summed E-state index contributed by atoms with van der Waals surface area (Å²) in [6.45, 7) is 2.72. The Labute approximate surface area is 161 Å². The lowest BCUT2D eigenvalue weighted by molar-refractivity contribution is 0.0943. The summed E-state index contributed by atoms with van der Waals surface area (Å²) in [7, 11) is 0. The summed E-state index contributed by atoms with van der Waals surface area (Å²) in [4.78, 5) is 25.5. The molecular weight excluding hydrogens is 362 g/mol. The molecule has 0 aliphatic rings. The van der Waals surface area contributed by atoms with E-state index in [1.807, 2.05) is 37.3 Å². The topological polar surface area (TPSA) is 51.1 Å². The number of carbonyl (C=O) groups excluding carboxylic acids is 1. The lowest BCUT2D eigenvalue weighted by Gasteiger charge is -2.14. The van der Waals surface area contributed by atoms with Crippen LogP contribution in [0.1, 0.15) is 35.8 Å². The highest BCUT2D eigenvalue weighted by Gasteiger charge is 2.17. The second-order valence-corrected chi connectivity index (χ2v) is 6.68. The van der Waals surface area contributed by atoms with E-state index in [9.17, 15) is 18.4 Å². The molecule has 0 saturated carbocycles. The van der Waals surface area contributed by atoms with E-state index in [0.29, 0.717) is 25.9 Å². The van der Waals surface area contributed by atoms with Gasteiger partial charge in [0.1, 0.15) is 5.69 Å². The predicted octanol–water partition coefficient (Wildman–Crippen LogP) is 4.05. The number of pyridine rings is 1. The summed E-state index contributed by atoms with van der Waals surface area (Å²) in [5.74, 6) is -2.53. The molecule has 0 spiro atoms. The predicted molar refractivity (Wildman–Crippen MR) is 106 cm³/mol. The molecule has 1 aromatic heterocycles. The fourth-order valence-electron chi connectivity index (χ4n) is 3.13. The largest absolute Gasteiger partial charge is 0.350 e. The van der Waals surface area contributed by atoms with Crippen LogP contribution in [0, 0.1) is 11.6 Å². The Balaban J connectivity index is 1.91. The van der Waals surface area contributed by atoms with E-state index in [0.717, 1.165) is 24.1 Å². The molecule has 3 aromatic rings. The minimum atomic E-state index is -1.08. The molecule has 2 aromatic carbocycles. The number of amides is 1. The molecule has 1 heterocycles. The van der Waals surface area contributed by atoms with Crippen molar-refractivity contribution in [3.05, 3.63) is 81.8 Å². The lowest BCUT2D eigenvalue weighted by Crippen LogP contribution is -2.33. The molecule has 3 rings (SSSR count). The average Bonchev–Trinajstić information content (AvgIpc) is 2.69. The van der Waals surface area contributed by atoms with E-state index >= 15 is 0 Å².